The Kier molecular flexibility index (Phi) is 5.20. The van der Waals surface area contributed by atoms with Gasteiger partial charge in [-0.2, -0.15) is 0 Å². The molecule has 0 N–H and O–H groups in total. The van der Waals surface area contributed by atoms with Crippen LogP contribution in [-0.4, -0.2) is 5.97 Å². The Morgan fingerprint density at radius 3 is 2.41 bits per heavy atom. The van der Waals surface area contributed by atoms with Gasteiger partial charge in [-0.05, 0) is 23.8 Å². The van der Waals surface area contributed by atoms with E-state index in [1.165, 1.54) is 0 Å². The van der Waals surface area contributed by atoms with Gasteiger partial charge in [-0.15, -0.1) is 0 Å². The molecule has 1 aromatic carbocycles. The Morgan fingerprint density at radius 1 is 1.18 bits per heavy atom. The molecule has 1 aromatic rings. The number of carbonyl (C=O) groups is 1. The van der Waals surface area contributed by atoms with Crippen LogP contribution in [0.4, 0.5) is 0 Å². The lowest BCUT2D eigenvalue weighted by molar-refractivity contribution is -0.145. The Bertz CT molecular complexity index is 336. The summed E-state index contributed by atoms with van der Waals surface area (Å²) >= 11 is 0. The Morgan fingerprint density at radius 2 is 1.82 bits per heavy atom. The third-order valence-electron chi connectivity index (χ3n) is 2.55. The average Bonchev–Trinajstić information content (AvgIpc) is 2.26. The number of hydrogen-bond acceptors (Lipinski definition) is 2. The first-order chi connectivity index (χ1) is 7.97. The number of carbonyl (C=O) groups excluding carboxylic acids is 1. The summed E-state index contributed by atoms with van der Waals surface area (Å²) in [6.45, 7) is 6.93. The van der Waals surface area contributed by atoms with Gasteiger partial charge < -0.3 is 4.74 Å². The summed E-state index contributed by atoms with van der Waals surface area (Å²) in [6, 6.07) is 9.77. The lowest BCUT2D eigenvalue weighted by Crippen LogP contribution is -2.08. The molecule has 0 amide bonds. The molecule has 0 atom stereocenters. The monoisotopic (exact) mass is 234 g/mol. The number of hydrogen-bond donors (Lipinski definition) is 0. The molecule has 0 aliphatic rings. The first kappa shape index (κ1) is 13.8. The quantitative estimate of drug-likeness (QED) is 0.721. The van der Waals surface area contributed by atoms with Gasteiger partial charge in [0, 0.05) is 6.42 Å². The van der Waals surface area contributed by atoms with E-state index >= 15 is 0 Å². The van der Waals surface area contributed by atoms with Crippen LogP contribution < -0.4 is 0 Å². The van der Waals surface area contributed by atoms with Crippen LogP contribution >= 0.6 is 0 Å². The van der Waals surface area contributed by atoms with Crippen LogP contribution in [0.2, 0.25) is 0 Å². The van der Waals surface area contributed by atoms with Crippen molar-refractivity contribution in [2.75, 3.05) is 0 Å². The van der Waals surface area contributed by atoms with Crippen molar-refractivity contribution >= 4 is 5.97 Å². The molecule has 0 spiro atoms. The molecule has 0 saturated heterocycles. The second-order valence-corrected chi connectivity index (χ2v) is 5.56. The molecule has 0 heterocycles. The summed E-state index contributed by atoms with van der Waals surface area (Å²) in [5.41, 5.74) is 1.33. The molecule has 0 saturated carbocycles. The smallest absolute Gasteiger partial charge is 0.306 e. The molecule has 0 aromatic heterocycles. The predicted molar refractivity (Wildman–Crippen MR) is 69.5 cm³/mol. The van der Waals surface area contributed by atoms with E-state index in [9.17, 15) is 4.79 Å². The summed E-state index contributed by atoms with van der Waals surface area (Å²) in [6.07, 6.45) is 2.47. The zero-order chi connectivity index (χ0) is 12.7. The molecule has 94 valence electrons. The fourth-order valence-electron chi connectivity index (χ4n) is 1.57. The highest BCUT2D eigenvalue weighted by molar-refractivity contribution is 5.69. The van der Waals surface area contributed by atoms with Gasteiger partial charge in [0.05, 0.1) is 0 Å². The van der Waals surface area contributed by atoms with E-state index in [-0.39, 0.29) is 5.97 Å². The van der Waals surface area contributed by atoms with Gasteiger partial charge in [0.15, 0.2) is 0 Å². The molecule has 0 aliphatic heterocycles. The highest BCUT2D eigenvalue weighted by Gasteiger charge is 2.11. The average molecular weight is 234 g/mol. The largest absolute Gasteiger partial charge is 0.461 e. The Labute approximate surface area is 104 Å². The predicted octanol–water partition coefficient (Wildman–Crippen LogP) is 3.95. The summed E-state index contributed by atoms with van der Waals surface area (Å²) in [5.74, 6) is -0.0990. The first-order valence-corrected chi connectivity index (χ1v) is 6.17. The van der Waals surface area contributed by atoms with Crippen LogP contribution in [0.3, 0.4) is 0 Å². The summed E-state index contributed by atoms with van der Waals surface area (Å²) in [7, 11) is 0. The zero-order valence-corrected chi connectivity index (χ0v) is 11.0. The van der Waals surface area contributed by atoms with Gasteiger partial charge in [0.25, 0.3) is 0 Å². The van der Waals surface area contributed by atoms with E-state index in [1.807, 2.05) is 30.3 Å². The highest BCUT2D eigenvalue weighted by Crippen LogP contribution is 2.21. The van der Waals surface area contributed by atoms with Gasteiger partial charge in [-0.3, -0.25) is 4.79 Å². The normalized spacial score (nSPS) is 11.2. The van der Waals surface area contributed by atoms with Crippen LogP contribution in [-0.2, 0) is 16.1 Å². The number of rotatable bonds is 5. The maximum absolute atomic E-state index is 11.5. The number of benzene rings is 1. The summed E-state index contributed by atoms with van der Waals surface area (Å²) in [5, 5.41) is 0. The Balaban J connectivity index is 2.18. The van der Waals surface area contributed by atoms with Gasteiger partial charge in [-0.1, -0.05) is 51.1 Å². The highest BCUT2D eigenvalue weighted by atomic mass is 16.5. The van der Waals surface area contributed by atoms with Crippen molar-refractivity contribution in [2.24, 2.45) is 5.41 Å². The lowest BCUT2D eigenvalue weighted by Gasteiger charge is -2.17. The summed E-state index contributed by atoms with van der Waals surface area (Å²) in [4.78, 5) is 11.5. The molecule has 2 heteroatoms. The first-order valence-electron chi connectivity index (χ1n) is 6.17. The van der Waals surface area contributed by atoms with Crippen molar-refractivity contribution in [3.05, 3.63) is 35.9 Å². The zero-order valence-electron chi connectivity index (χ0n) is 11.0. The van der Waals surface area contributed by atoms with Crippen molar-refractivity contribution in [1.82, 2.24) is 0 Å². The maximum Gasteiger partial charge on any atom is 0.306 e. The molecular weight excluding hydrogens is 212 g/mol. The van der Waals surface area contributed by atoms with Crippen LogP contribution in [0.15, 0.2) is 30.3 Å². The second kappa shape index (κ2) is 6.43. The van der Waals surface area contributed by atoms with E-state index in [0.29, 0.717) is 18.4 Å². The SMILES string of the molecule is CC(C)(C)CCCC(=O)OCc1ccccc1. The third-order valence-corrected chi connectivity index (χ3v) is 2.55. The number of ether oxygens (including phenoxy) is 1. The van der Waals surface area contributed by atoms with Gasteiger partial charge >= 0.3 is 5.97 Å². The molecule has 1 rings (SSSR count). The van der Waals surface area contributed by atoms with Crippen molar-refractivity contribution in [2.45, 2.75) is 46.6 Å². The second-order valence-electron chi connectivity index (χ2n) is 5.56. The topological polar surface area (TPSA) is 26.3 Å². The van der Waals surface area contributed by atoms with Crippen LogP contribution in [0.25, 0.3) is 0 Å². The molecule has 17 heavy (non-hydrogen) atoms. The minimum atomic E-state index is -0.0990. The van der Waals surface area contributed by atoms with E-state index in [1.54, 1.807) is 0 Å². The van der Waals surface area contributed by atoms with Crippen LogP contribution in [0.1, 0.15) is 45.6 Å². The van der Waals surface area contributed by atoms with Crippen LogP contribution in [0, 0.1) is 5.41 Å². The molecule has 0 fully saturated rings. The van der Waals surface area contributed by atoms with Crippen molar-refractivity contribution in [3.63, 3.8) is 0 Å². The third kappa shape index (κ3) is 6.77. The van der Waals surface area contributed by atoms with Gasteiger partial charge in [0.1, 0.15) is 6.61 Å². The van der Waals surface area contributed by atoms with E-state index in [2.05, 4.69) is 20.8 Å². The van der Waals surface area contributed by atoms with E-state index < -0.39 is 0 Å². The summed E-state index contributed by atoms with van der Waals surface area (Å²) < 4.78 is 5.20. The molecule has 2 nitrogen and oxygen atoms in total. The van der Waals surface area contributed by atoms with E-state index in [0.717, 1.165) is 18.4 Å². The number of esters is 1. The minimum Gasteiger partial charge on any atom is -0.461 e. The molecular formula is C15H22O2. The van der Waals surface area contributed by atoms with Gasteiger partial charge in [-0.25, -0.2) is 0 Å². The minimum absolute atomic E-state index is 0.0990. The standard InChI is InChI=1S/C15H22O2/c1-15(2,3)11-7-10-14(16)17-12-13-8-5-4-6-9-13/h4-6,8-9H,7,10-12H2,1-3H3. The fourth-order valence-corrected chi connectivity index (χ4v) is 1.57. The maximum atomic E-state index is 11.5. The fraction of sp³-hybridized carbons (Fsp3) is 0.533. The van der Waals surface area contributed by atoms with Crippen molar-refractivity contribution < 1.29 is 9.53 Å². The Hall–Kier alpha value is -1.31. The molecule has 0 radical (unpaired) electrons. The molecule has 0 bridgehead atoms. The van der Waals surface area contributed by atoms with Crippen molar-refractivity contribution in [3.8, 4) is 0 Å². The molecule has 0 aliphatic carbocycles. The van der Waals surface area contributed by atoms with Gasteiger partial charge in [0.2, 0.25) is 0 Å². The van der Waals surface area contributed by atoms with Crippen LogP contribution in [0.5, 0.6) is 0 Å². The van der Waals surface area contributed by atoms with Crippen molar-refractivity contribution in [1.29, 1.82) is 0 Å². The van der Waals surface area contributed by atoms with E-state index in [4.69, 9.17) is 4.74 Å². The molecule has 0 unspecified atom stereocenters. The lowest BCUT2D eigenvalue weighted by atomic mass is 9.90.